The summed E-state index contributed by atoms with van der Waals surface area (Å²) in [5.41, 5.74) is 0. The summed E-state index contributed by atoms with van der Waals surface area (Å²) in [5.74, 6) is 0. The Balaban J connectivity index is -0.00000000500. The fourth-order valence-electron chi connectivity index (χ4n) is 0. The van der Waals surface area contributed by atoms with E-state index in [-0.39, 0.29) is 35.9 Å². The quantitative estimate of drug-likeness (QED) is 0.285. The predicted molar refractivity (Wildman–Crippen MR) is 25.4 cm³/mol. The summed E-state index contributed by atoms with van der Waals surface area (Å²) in [4.78, 5) is 0. The minimum atomic E-state index is 0. The van der Waals surface area contributed by atoms with Crippen molar-refractivity contribution in [2.75, 3.05) is 0 Å². The monoisotopic (exact) mass is 202 g/mol. The Bertz CT molecular complexity index is 78.4. The van der Waals surface area contributed by atoms with Crippen LogP contribution in [-0.4, -0.2) is 18.9 Å². The van der Waals surface area contributed by atoms with Crippen molar-refractivity contribution in [3.63, 3.8) is 0 Å². The minimum Gasteiger partial charge on any atom is 0 e. The Morgan fingerprint density at radius 2 is 0.417 bits per heavy atom. The van der Waals surface area contributed by atoms with Crippen LogP contribution in [0.3, 0.4) is 0 Å². The van der Waals surface area contributed by atoms with E-state index in [2.05, 4.69) is 33.3 Å². The van der Waals surface area contributed by atoms with Crippen molar-refractivity contribution >= 4 is 18.9 Å². The summed E-state index contributed by atoms with van der Waals surface area (Å²) < 4.78 is 37.5. The van der Waals surface area contributed by atoms with E-state index in [9.17, 15) is 0 Å². The van der Waals surface area contributed by atoms with Gasteiger partial charge in [0.1, 0.15) is 0 Å². The van der Waals surface area contributed by atoms with Crippen molar-refractivity contribution in [1.29, 1.82) is 0 Å². The van der Waals surface area contributed by atoms with Gasteiger partial charge in [0.05, 0.1) is 0 Å². The van der Waals surface area contributed by atoms with Crippen LogP contribution in [0.1, 0.15) is 0 Å². The van der Waals surface area contributed by atoms with Crippen LogP contribution in [0, 0.1) is 33.3 Å². The second-order valence-electron chi connectivity index (χ2n) is 0. The molecular weight excluding hydrogens is 202 g/mol. The summed E-state index contributed by atoms with van der Waals surface area (Å²) in [7, 11) is 0. The average molecular weight is 202 g/mol. The van der Waals surface area contributed by atoms with Crippen LogP contribution in [0.2, 0.25) is 0 Å². The van der Waals surface area contributed by atoms with Crippen LogP contribution < -0.4 is 0 Å². The summed E-state index contributed by atoms with van der Waals surface area (Å²) in [6, 6.07) is 0. The van der Waals surface area contributed by atoms with Gasteiger partial charge >= 0.3 is 56.5 Å². The SMILES string of the molecule is [C-]#[O+].[C-]#[O+].[C-]#[O+].[C-]#[O+].[C-]#[O+].[Li].[Mn]. The smallest absolute Gasteiger partial charge is 0 e. The molecule has 0 N–H and O–H groups in total. The van der Waals surface area contributed by atoms with E-state index in [1.54, 1.807) is 0 Å². The molecule has 0 saturated carbocycles. The third-order valence-electron chi connectivity index (χ3n) is 0. The molecule has 0 fully saturated rings. The molecule has 0 atom stereocenters. The number of hydrogen-bond donors (Lipinski definition) is 0. The molecule has 0 bridgehead atoms. The van der Waals surface area contributed by atoms with E-state index >= 15 is 0 Å². The molecule has 0 spiro atoms. The second kappa shape index (κ2) is 31100. The van der Waals surface area contributed by atoms with Gasteiger partial charge in [0.2, 0.25) is 0 Å². The molecule has 0 amide bonds. The fourth-order valence-corrected chi connectivity index (χ4v) is 0. The molecule has 0 aliphatic heterocycles. The zero-order valence-electron chi connectivity index (χ0n) is 5.92. The molecule has 0 aromatic heterocycles. The summed E-state index contributed by atoms with van der Waals surface area (Å²) in [6.45, 7) is 22.5. The topological polar surface area (TPSA) is 99.5 Å². The molecular formula is C5LiMnO5. The van der Waals surface area contributed by atoms with E-state index in [1.807, 2.05) is 0 Å². The number of rotatable bonds is 0. The van der Waals surface area contributed by atoms with Gasteiger partial charge in [0.15, 0.2) is 0 Å². The van der Waals surface area contributed by atoms with Gasteiger partial charge in [-0.2, -0.15) is 0 Å². The van der Waals surface area contributed by atoms with Crippen LogP contribution in [0.25, 0.3) is 0 Å². The zero-order chi connectivity index (χ0) is 10.0. The normalized spacial score (nSPS) is 0.833. The maximum Gasteiger partial charge on any atom is 0 e. The standard InChI is InChI=1S/5CO.Li.Mn/c5*1-2;;. The van der Waals surface area contributed by atoms with E-state index in [4.69, 9.17) is 23.3 Å². The van der Waals surface area contributed by atoms with Crippen LogP contribution in [0.5, 0.6) is 0 Å². The van der Waals surface area contributed by atoms with Crippen molar-refractivity contribution < 1.29 is 40.3 Å². The Morgan fingerprint density at radius 3 is 0.417 bits per heavy atom. The zero-order valence-corrected chi connectivity index (χ0v) is 7.10. The third-order valence-corrected chi connectivity index (χ3v) is 0. The van der Waals surface area contributed by atoms with Crippen LogP contribution in [0.4, 0.5) is 0 Å². The molecule has 0 aromatic rings. The Kier molecular flexibility index (Phi) is 154000. The molecule has 2 radical (unpaired) electrons. The first-order valence-corrected chi connectivity index (χ1v) is 1.02. The Morgan fingerprint density at radius 1 is 0.417 bits per heavy atom. The Hall–Kier alpha value is -0.183. The van der Waals surface area contributed by atoms with Gasteiger partial charge in [0, 0.05) is 35.9 Å². The average Bonchev–Trinajstić information content (AvgIpc) is 2.20. The third kappa shape index (κ3) is 22800. The molecule has 0 unspecified atom stereocenters. The molecule has 0 aliphatic rings. The molecule has 0 aromatic carbocycles. The molecule has 0 heterocycles. The number of hydrogen-bond acceptors (Lipinski definition) is 0. The largest absolute Gasteiger partial charge is 0 e. The van der Waals surface area contributed by atoms with Crippen molar-refractivity contribution in [3.8, 4) is 0 Å². The van der Waals surface area contributed by atoms with Crippen molar-refractivity contribution in [3.05, 3.63) is 33.3 Å². The summed E-state index contributed by atoms with van der Waals surface area (Å²) in [5, 5.41) is 0. The summed E-state index contributed by atoms with van der Waals surface area (Å²) in [6.07, 6.45) is 0. The molecule has 58 valence electrons. The van der Waals surface area contributed by atoms with E-state index in [1.165, 1.54) is 0 Å². The first kappa shape index (κ1) is 59.6. The van der Waals surface area contributed by atoms with Crippen molar-refractivity contribution in [2.24, 2.45) is 0 Å². The van der Waals surface area contributed by atoms with Gasteiger partial charge in [-0.25, -0.2) is 0 Å². The summed E-state index contributed by atoms with van der Waals surface area (Å²) >= 11 is 0. The fraction of sp³-hybridized carbons (Fsp3) is 0. The van der Waals surface area contributed by atoms with Gasteiger partial charge in [-0.1, -0.05) is 0 Å². The second-order valence-corrected chi connectivity index (χ2v) is 0. The minimum absolute atomic E-state index is 0. The van der Waals surface area contributed by atoms with Gasteiger partial charge in [-0.3, -0.25) is 0 Å². The van der Waals surface area contributed by atoms with E-state index in [0.717, 1.165) is 0 Å². The molecule has 0 saturated heterocycles. The van der Waals surface area contributed by atoms with Crippen molar-refractivity contribution in [2.45, 2.75) is 0 Å². The van der Waals surface area contributed by atoms with Gasteiger partial charge < -0.3 is 0 Å². The van der Waals surface area contributed by atoms with Gasteiger partial charge in [-0.05, 0) is 0 Å². The Labute approximate surface area is 92.5 Å². The van der Waals surface area contributed by atoms with E-state index in [0.29, 0.717) is 0 Å². The first-order valence-electron chi connectivity index (χ1n) is 1.02. The van der Waals surface area contributed by atoms with Crippen LogP contribution in [-0.2, 0) is 40.3 Å². The van der Waals surface area contributed by atoms with Gasteiger partial charge in [0.25, 0.3) is 0 Å². The first-order chi connectivity index (χ1) is 5.00. The molecule has 12 heavy (non-hydrogen) atoms. The van der Waals surface area contributed by atoms with Crippen LogP contribution >= 0.6 is 0 Å². The van der Waals surface area contributed by atoms with Gasteiger partial charge in [-0.15, -0.1) is 0 Å². The molecule has 0 aliphatic carbocycles. The van der Waals surface area contributed by atoms with Crippen LogP contribution in [0.15, 0.2) is 0 Å². The van der Waals surface area contributed by atoms with E-state index < -0.39 is 0 Å². The molecule has 7 heteroatoms. The maximum atomic E-state index is 7.50. The molecule has 5 nitrogen and oxygen atoms in total. The van der Waals surface area contributed by atoms with Crippen molar-refractivity contribution in [1.82, 2.24) is 0 Å². The predicted octanol–water partition coefficient (Wildman–Crippen LogP) is -0.571. The maximum absolute atomic E-state index is 7.50. The molecule has 0 rings (SSSR count).